The average molecular weight is 431 g/mol. The van der Waals surface area contributed by atoms with Crippen LogP contribution in [0.1, 0.15) is 12.5 Å². The number of halogens is 2. The highest BCUT2D eigenvalue weighted by Gasteiger charge is 2.33. The summed E-state index contributed by atoms with van der Waals surface area (Å²) in [6.07, 6.45) is 1.58. The number of nitrogens with one attached hydrogen (secondary N) is 2. The summed E-state index contributed by atoms with van der Waals surface area (Å²) in [5.74, 6) is 0.498. The highest BCUT2D eigenvalue weighted by atomic mass is 35.5. The SMILES string of the molecule is COc1ccc(-c2cnn3c2NC(=O)C[C@H]3C(=O)Nc2cccc(Cl)c2Cl)cc1. The third kappa shape index (κ3) is 3.66. The van der Waals surface area contributed by atoms with Crippen LogP contribution in [0.4, 0.5) is 11.5 Å². The van der Waals surface area contributed by atoms with Crippen LogP contribution in [0.5, 0.6) is 5.75 Å². The number of anilines is 2. The number of hydrogen-bond acceptors (Lipinski definition) is 4. The van der Waals surface area contributed by atoms with E-state index in [-0.39, 0.29) is 17.4 Å². The summed E-state index contributed by atoms with van der Waals surface area (Å²) in [5, 5.41) is 10.5. The molecule has 2 heterocycles. The molecule has 0 fully saturated rings. The lowest BCUT2D eigenvalue weighted by Crippen LogP contribution is -2.35. The molecule has 4 rings (SSSR count). The molecule has 0 aliphatic carbocycles. The van der Waals surface area contributed by atoms with E-state index in [1.54, 1.807) is 31.5 Å². The van der Waals surface area contributed by atoms with E-state index in [2.05, 4.69) is 15.7 Å². The van der Waals surface area contributed by atoms with Gasteiger partial charge in [0.25, 0.3) is 0 Å². The predicted octanol–water partition coefficient (Wildman–Crippen LogP) is 4.39. The number of amides is 2. The maximum absolute atomic E-state index is 12.9. The normalized spacial score (nSPS) is 15.4. The van der Waals surface area contributed by atoms with Gasteiger partial charge in [-0.1, -0.05) is 41.4 Å². The van der Waals surface area contributed by atoms with Gasteiger partial charge in [-0.15, -0.1) is 0 Å². The Morgan fingerprint density at radius 1 is 1.24 bits per heavy atom. The van der Waals surface area contributed by atoms with Gasteiger partial charge in [-0.05, 0) is 29.8 Å². The fourth-order valence-electron chi connectivity index (χ4n) is 3.17. The quantitative estimate of drug-likeness (QED) is 0.642. The van der Waals surface area contributed by atoms with Crippen LogP contribution in [0.15, 0.2) is 48.7 Å². The van der Waals surface area contributed by atoms with E-state index < -0.39 is 11.9 Å². The second-order valence-electron chi connectivity index (χ2n) is 6.44. The Balaban J connectivity index is 1.66. The molecule has 1 aliphatic heterocycles. The van der Waals surface area contributed by atoms with Crippen molar-refractivity contribution in [2.75, 3.05) is 17.7 Å². The van der Waals surface area contributed by atoms with Crippen LogP contribution < -0.4 is 15.4 Å². The number of hydrogen-bond donors (Lipinski definition) is 2. The lowest BCUT2D eigenvalue weighted by atomic mass is 10.1. The summed E-state index contributed by atoms with van der Waals surface area (Å²) in [5.41, 5.74) is 1.92. The van der Waals surface area contributed by atoms with E-state index in [1.165, 1.54) is 4.68 Å². The number of rotatable bonds is 4. The summed E-state index contributed by atoms with van der Waals surface area (Å²) in [6.45, 7) is 0. The van der Waals surface area contributed by atoms with Gasteiger partial charge in [0.2, 0.25) is 11.8 Å². The Hall–Kier alpha value is -3.03. The van der Waals surface area contributed by atoms with Crippen LogP contribution in [-0.2, 0) is 9.59 Å². The topological polar surface area (TPSA) is 85.2 Å². The molecule has 0 spiro atoms. The predicted molar refractivity (Wildman–Crippen MR) is 112 cm³/mol. The van der Waals surface area contributed by atoms with Gasteiger partial charge in [-0.2, -0.15) is 5.10 Å². The first-order valence-corrected chi connectivity index (χ1v) is 9.50. The molecule has 0 unspecified atom stereocenters. The third-order valence-electron chi connectivity index (χ3n) is 4.64. The Labute approximate surface area is 176 Å². The van der Waals surface area contributed by atoms with Gasteiger partial charge >= 0.3 is 0 Å². The van der Waals surface area contributed by atoms with Crippen LogP contribution in [-0.4, -0.2) is 28.7 Å². The molecule has 0 bridgehead atoms. The van der Waals surface area contributed by atoms with Crippen molar-refractivity contribution in [3.8, 4) is 16.9 Å². The first-order chi connectivity index (χ1) is 14.0. The lowest BCUT2D eigenvalue weighted by molar-refractivity contribution is -0.125. The van der Waals surface area contributed by atoms with E-state index in [4.69, 9.17) is 27.9 Å². The summed E-state index contributed by atoms with van der Waals surface area (Å²) in [6, 6.07) is 11.5. The highest BCUT2D eigenvalue weighted by molar-refractivity contribution is 6.44. The van der Waals surface area contributed by atoms with Crippen LogP contribution in [0.3, 0.4) is 0 Å². The monoisotopic (exact) mass is 430 g/mol. The van der Waals surface area contributed by atoms with Crippen molar-refractivity contribution in [2.45, 2.75) is 12.5 Å². The fourth-order valence-corrected chi connectivity index (χ4v) is 3.52. The van der Waals surface area contributed by atoms with Crippen LogP contribution in [0.2, 0.25) is 10.0 Å². The number of carbonyl (C=O) groups is 2. The van der Waals surface area contributed by atoms with Crippen molar-refractivity contribution in [3.05, 3.63) is 58.7 Å². The number of carbonyl (C=O) groups excluding carboxylic acids is 2. The molecular weight excluding hydrogens is 415 g/mol. The second kappa shape index (κ2) is 7.77. The lowest BCUT2D eigenvalue weighted by Gasteiger charge is -2.24. The molecule has 0 radical (unpaired) electrons. The first-order valence-electron chi connectivity index (χ1n) is 8.74. The van der Waals surface area contributed by atoms with E-state index in [1.807, 2.05) is 24.3 Å². The van der Waals surface area contributed by atoms with Gasteiger partial charge in [-0.25, -0.2) is 4.68 Å². The Bertz CT molecular complexity index is 1100. The van der Waals surface area contributed by atoms with Gasteiger partial charge in [-0.3, -0.25) is 9.59 Å². The molecule has 1 aliphatic rings. The number of fused-ring (bicyclic) bond motifs is 1. The molecule has 2 N–H and O–H groups in total. The van der Waals surface area contributed by atoms with Gasteiger partial charge in [0, 0.05) is 5.56 Å². The number of nitrogens with zero attached hydrogens (tertiary/aromatic N) is 2. The smallest absolute Gasteiger partial charge is 0.249 e. The molecule has 0 saturated carbocycles. The van der Waals surface area contributed by atoms with Crippen molar-refractivity contribution in [2.24, 2.45) is 0 Å². The third-order valence-corrected chi connectivity index (χ3v) is 5.46. The standard InChI is InChI=1S/C20H16Cl2N4O3/c1-29-12-7-5-11(6-8-12)13-10-23-26-16(9-17(27)25-19(13)26)20(28)24-15-4-2-3-14(21)18(15)22/h2-8,10,16H,9H2,1H3,(H,24,28)(H,25,27)/t16-/m0/s1. The number of benzene rings is 2. The zero-order valence-corrected chi connectivity index (χ0v) is 16.8. The van der Waals surface area contributed by atoms with Gasteiger partial charge in [0.05, 0.1) is 35.5 Å². The fraction of sp³-hybridized carbons (Fsp3) is 0.150. The van der Waals surface area contributed by atoms with Gasteiger partial charge < -0.3 is 15.4 Å². The minimum atomic E-state index is -0.819. The zero-order valence-electron chi connectivity index (χ0n) is 15.3. The van der Waals surface area contributed by atoms with Crippen LogP contribution in [0.25, 0.3) is 11.1 Å². The largest absolute Gasteiger partial charge is 0.497 e. The van der Waals surface area contributed by atoms with E-state index >= 15 is 0 Å². The summed E-state index contributed by atoms with van der Waals surface area (Å²) in [7, 11) is 1.59. The molecular formula is C20H16Cl2N4O3. The summed E-state index contributed by atoms with van der Waals surface area (Å²) < 4.78 is 6.68. The Morgan fingerprint density at radius 3 is 2.72 bits per heavy atom. The number of aromatic nitrogens is 2. The molecule has 7 nitrogen and oxygen atoms in total. The van der Waals surface area contributed by atoms with Crippen molar-refractivity contribution in [1.29, 1.82) is 0 Å². The highest BCUT2D eigenvalue weighted by Crippen LogP contribution is 2.36. The average Bonchev–Trinajstić information content (AvgIpc) is 3.14. The molecule has 9 heteroatoms. The van der Waals surface area contributed by atoms with E-state index in [0.29, 0.717) is 22.1 Å². The summed E-state index contributed by atoms with van der Waals surface area (Å²) in [4.78, 5) is 25.2. The Morgan fingerprint density at radius 2 is 2.00 bits per heavy atom. The molecule has 1 aromatic heterocycles. The molecule has 1 atom stereocenters. The first kappa shape index (κ1) is 19.3. The minimum Gasteiger partial charge on any atom is -0.497 e. The molecule has 0 saturated heterocycles. The number of ether oxygens (including phenoxy) is 1. The van der Waals surface area contributed by atoms with Crippen molar-refractivity contribution < 1.29 is 14.3 Å². The molecule has 2 amide bonds. The van der Waals surface area contributed by atoms with Gasteiger partial charge in [0.15, 0.2) is 0 Å². The van der Waals surface area contributed by atoms with E-state index in [0.717, 1.165) is 11.3 Å². The van der Waals surface area contributed by atoms with Crippen LogP contribution >= 0.6 is 23.2 Å². The Kier molecular flexibility index (Phi) is 5.17. The van der Waals surface area contributed by atoms with Crippen LogP contribution in [0, 0.1) is 0 Å². The second-order valence-corrected chi connectivity index (χ2v) is 7.22. The van der Waals surface area contributed by atoms with Gasteiger partial charge in [0.1, 0.15) is 17.6 Å². The van der Waals surface area contributed by atoms with Crippen molar-refractivity contribution in [3.63, 3.8) is 0 Å². The summed E-state index contributed by atoms with van der Waals surface area (Å²) >= 11 is 12.2. The number of methoxy groups -OCH3 is 1. The zero-order chi connectivity index (χ0) is 20.5. The molecule has 29 heavy (non-hydrogen) atoms. The molecule has 2 aromatic carbocycles. The van der Waals surface area contributed by atoms with E-state index in [9.17, 15) is 9.59 Å². The molecule has 3 aromatic rings. The van der Waals surface area contributed by atoms with Crippen molar-refractivity contribution >= 4 is 46.5 Å². The maximum Gasteiger partial charge on any atom is 0.249 e. The minimum absolute atomic E-state index is 0.0409. The maximum atomic E-state index is 12.9. The molecule has 148 valence electrons. The van der Waals surface area contributed by atoms with Crippen molar-refractivity contribution in [1.82, 2.24) is 9.78 Å².